The zero-order valence-corrected chi connectivity index (χ0v) is 11.2. The van der Waals surface area contributed by atoms with Crippen LogP contribution in [-0.4, -0.2) is 11.5 Å². The fourth-order valence-electron chi connectivity index (χ4n) is 1.77. The minimum atomic E-state index is 0.405. The number of anilines is 1. The molecule has 0 aliphatic carbocycles. The van der Waals surface area contributed by atoms with E-state index in [4.69, 9.17) is 23.7 Å². The maximum atomic E-state index is 5.54. The molecule has 0 aromatic heterocycles. The Morgan fingerprint density at radius 1 is 1.16 bits per heavy atom. The summed E-state index contributed by atoms with van der Waals surface area (Å²) in [7, 11) is 0. The van der Waals surface area contributed by atoms with Crippen LogP contribution in [0.4, 0.5) is 5.69 Å². The third kappa shape index (κ3) is 3.35. The monoisotopic (exact) mass is 272 g/mol. The number of benzene rings is 2. The van der Waals surface area contributed by atoms with Crippen molar-refractivity contribution in [2.45, 2.75) is 0 Å². The Hall–Kier alpha value is -2.27. The number of nitrogens with one attached hydrogen (secondary N) is 2. The van der Waals surface area contributed by atoms with Gasteiger partial charge in [0.25, 0.3) is 0 Å². The number of rotatable bonds is 4. The van der Waals surface area contributed by atoms with Crippen molar-refractivity contribution in [2.24, 2.45) is 11.5 Å². The van der Waals surface area contributed by atoms with Gasteiger partial charge in [0.05, 0.1) is 11.5 Å². The molecular weight excluding hydrogens is 256 g/mol. The van der Waals surface area contributed by atoms with E-state index in [-0.39, 0.29) is 0 Å². The van der Waals surface area contributed by atoms with Crippen molar-refractivity contribution in [3.63, 3.8) is 0 Å². The molecule has 0 radical (unpaired) electrons. The molecule has 0 saturated carbocycles. The number of fused-ring (bicyclic) bond motifs is 1. The average molecular weight is 272 g/mol. The van der Waals surface area contributed by atoms with Gasteiger partial charge in [-0.1, -0.05) is 48.6 Å². The standard InChI is InChI=1S/C14H16N4S/c15-8-13(16)17-9-14(19)18-12-7-3-5-10-4-1-2-6-11(10)12/h1-8,17H,9,15-16H2,(H,18,19)/b13-8+. The molecule has 2 rings (SSSR count). The summed E-state index contributed by atoms with van der Waals surface area (Å²) in [5.41, 5.74) is 11.8. The number of thiocarbonyl (C=S) groups is 1. The fraction of sp³-hybridized carbons (Fsp3) is 0.0714. The molecule has 0 fully saturated rings. The summed E-state index contributed by atoms with van der Waals surface area (Å²) in [5.74, 6) is 0.405. The molecule has 0 unspecified atom stereocenters. The van der Waals surface area contributed by atoms with E-state index in [0.29, 0.717) is 17.4 Å². The third-order valence-corrected chi connectivity index (χ3v) is 2.94. The molecule has 0 amide bonds. The van der Waals surface area contributed by atoms with E-state index in [9.17, 15) is 0 Å². The topological polar surface area (TPSA) is 76.1 Å². The SMILES string of the molecule is N/C=C(\N)NCC(=S)Nc1cccc2ccccc12. The highest BCUT2D eigenvalue weighted by atomic mass is 32.1. The van der Waals surface area contributed by atoms with Gasteiger partial charge in [0.2, 0.25) is 0 Å². The predicted octanol–water partition coefficient (Wildman–Crippen LogP) is 1.88. The van der Waals surface area contributed by atoms with Crippen LogP contribution in [0.5, 0.6) is 0 Å². The molecule has 0 heterocycles. The van der Waals surface area contributed by atoms with Gasteiger partial charge in [-0.05, 0) is 11.5 Å². The van der Waals surface area contributed by atoms with Crippen molar-refractivity contribution in [1.82, 2.24) is 5.32 Å². The first-order valence-corrected chi connectivity index (χ1v) is 6.30. The molecule has 4 nitrogen and oxygen atoms in total. The lowest BCUT2D eigenvalue weighted by atomic mass is 10.1. The van der Waals surface area contributed by atoms with Crippen molar-refractivity contribution < 1.29 is 0 Å². The molecule has 6 N–H and O–H groups in total. The Morgan fingerprint density at radius 3 is 2.68 bits per heavy atom. The Morgan fingerprint density at radius 2 is 1.89 bits per heavy atom. The van der Waals surface area contributed by atoms with Crippen molar-refractivity contribution >= 4 is 33.7 Å². The van der Waals surface area contributed by atoms with Crippen molar-refractivity contribution in [3.8, 4) is 0 Å². The molecule has 19 heavy (non-hydrogen) atoms. The molecule has 0 spiro atoms. The highest BCUT2D eigenvalue weighted by Crippen LogP contribution is 2.22. The molecule has 2 aromatic rings. The fourth-order valence-corrected chi connectivity index (χ4v) is 1.95. The Kier molecular flexibility index (Phi) is 4.20. The van der Waals surface area contributed by atoms with Crippen LogP contribution in [0.2, 0.25) is 0 Å². The molecule has 98 valence electrons. The molecule has 5 heteroatoms. The number of nitrogens with two attached hydrogens (primary N) is 2. The van der Waals surface area contributed by atoms with Crippen LogP contribution in [0.3, 0.4) is 0 Å². The molecule has 0 aliphatic heterocycles. The predicted molar refractivity (Wildman–Crippen MR) is 84.6 cm³/mol. The first-order valence-electron chi connectivity index (χ1n) is 5.89. The Balaban J connectivity index is 2.11. The van der Waals surface area contributed by atoms with E-state index in [1.54, 1.807) is 0 Å². The summed E-state index contributed by atoms with van der Waals surface area (Å²) in [4.78, 5) is 0.654. The Bertz CT molecular complexity index is 616. The van der Waals surface area contributed by atoms with E-state index in [2.05, 4.69) is 28.8 Å². The first kappa shape index (κ1) is 13.2. The van der Waals surface area contributed by atoms with Gasteiger partial charge in [-0.15, -0.1) is 0 Å². The Labute approximate surface area is 117 Å². The second kappa shape index (κ2) is 6.06. The van der Waals surface area contributed by atoms with E-state index in [1.807, 2.05) is 24.3 Å². The van der Waals surface area contributed by atoms with E-state index in [0.717, 1.165) is 11.1 Å². The van der Waals surface area contributed by atoms with E-state index >= 15 is 0 Å². The van der Waals surface area contributed by atoms with Gasteiger partial charge in [-0.3, -0.25) is 0 Å². The minimum absolute atomic E-state index is 0.405. The van der Waals surface area contributed by atoms with Crippen LogP contribution in [0.1, 0.15) is 0 Å². The van der Waals surface area contributed by atoms with Gasteiger partial charge in [-0.25, -0.2) is 0 Å². The van der Waals surface area contributed by atoms with Crippen LogP contribution in [0, 0.1) is 0 Å². The van der Waals surface area contributed by atoms with E-state index < -0.39 is 0 Å². The summed E-state index contributed by atoms with van der Waals surface area (Å²) in [6.45, 7) is 0.443. The van der Waals surface area contributed by atoms with Gasteiger partial charge in [-0.2, -0.15) is 0 Å². The number of hydrogen-bond donors (Lipinski definition) is 4. The second-order valence-corrected chi connectivity index (χ2v) is 4.54. The van der Waals surface area contributed by atoms with Crippen molar-refractivity contribution in [1.29, 1.82) is 0 Å². The molecule has 0 saturated heterocycles. The normalized spacial score (nSPS) is 11.3. The number of hydrogen-bond acceptors (Lipinski definition) is 4. The van der Waals surface area contributed by atoms with Crippen LogP contribution in [0.15, 0.2) is 54.5 Å². The van der Waals surface area contributed by atoms with E-state index in [1.165, 1.54) is 11.6 Å². The molecule has 0 atom stereocenters. The van der Waals surface area contributed by atoms with Crippen LogP contribution in [-0.2, 0) is 0 Å². The summed E-state index contributed by atoms with van der Waals surface area (Å²) in [5, 5.41) is 8.43. The maximum Gasteiger partial charge on any atom is 0.112 e. The second-order valence-electron chi connectivity index (χ2n) is 4.05. The van der Waals surface area contributed by atoms with Gasteiger partial charge >= 0.3 is 0 Å². The van der Waals surface area contributed by atoms with Crippen molar-refractivity contribution in [2.75, 3.05) is 11.9 Å². The average Bonchev–Trinajstić information content (AvgIpc) is 2.45. The minimum Gasteiger partial charge on any atom is -0.402 e. The van der Waals surface area contributed by atoms with Crippen LogP contribution < -0.4 is 22.1 Å². The summed E-state index contributed by atoms with van der Waals surface area (Å²) in [6.07, 6.45) is 1.31. The maximum absolute atomic E-state index is 5.54. The molecular formula is C14H16N4S. The van der Waals surface area contributed by atoms with Crippen LogP contribution >= 0.6 is 12.2 Å². The van der Waals surface area contributed by atoms with Gasteiger partial charge in [0.1, 0.15) is 5.82 Å². The van der Waals surface area contributed by atoms with Gasteiger partial charge < -0.3 is 22.1 Å². The quantitative estimate of drug-likeness (QED) is 0.639. The molecule has 0 bridgehead atoms. The van der Waals surface area contributed by atoms with Gasteiger partial charge in [0, 0.05) is 17.3 Å². The van der Waals surface area contributed by atoms with Crippen molar-refractivity contribution in [3.05, 3.63) is 54.5 Å². The highest BCUT2D eigenvalue weighted by Gasteiger charge is 2.02. The smallest absolute Gasteiger partial charge is 0.112 e. The lowest BCUT2D eigenvalue weighted by Crippen LogP contribution is -2.30. The van der Waals surface area contributed by atoms with Crippen LogP contribution in [0.25, 0.3) is 10.8 Å². The highest BCUT2D eigenvalue weighted by molar-refractivity contribution is 7.80. The lowest BCUT2D eigenvalue weighted by molar-refractivity contribution is 0.907. The molecule has 0 aliphatic rings. The summed E-state index contributed by atoms with van der Waals surface area (Å²) in [6, 6.07) is 14.2. The first-order chi connectivity index (χ1) is 9.20. The molecule has 2 aromatic carbocycles. The zero-order chi connectivity index (χ0) is 13.7. The third-order valence-electron chi connectivity index (χ3n) is 2.70. The van der Waals surface area contributed by atoms with Gasteiger partial charge in [0.15, 0.2) is 0 Å². The zero-order valence-electron chi connectivity index (χ0n) is 10.4. The summed E-state index contributed by atoms with van der Waals surface area (Å²) >= 11 is 5.27. The summed E-state index contributed by atoms with van der Waals surface area (Å²) < 4.78 is 0. The largest absolute Gasteiger partial charge is 0.402 e. The lowest BCUT2D eigenvalue weighted by Gasteiger charge is -2.12.